The van der Waals surface area contributed by atoms with Crippen molar-refractivity contribution in [1.82, 2.24) is 9.62 Å². The van der Waals surface area contributed by atoms with E-state index in [1.165, 1.54) is 0 Å². The van der Waals surface area contributed by atoms with Crippen LogP contribution in [0.25, 0.3) is 0 Å². The van der Waals surface area contributed by atoms with Gasteiger partial charge in [-0.15, -0.1) is 0 Å². The zero-order valence-electron chi connectivity index (χ0n) is 13.6. The Morgan fingerprint density at radius 3 is 2.59 bits per heavy atom. The van der Waals surface area contributed by atoms with Gasteiger partial charge in [-0.25, -0.2) is 13.1 Å². The molecule has 6 heteroatoms. The van der Waals surface area contributed by atoms with Crippen LogP contribution in [0.2, 0.25) is 0 Å². The van der Waals surface area contributed by atoms with Crippen molar-refractivity contribution in [1.29, 1.82) is 0 Å². The Balaban J connectivity index is 2.04. The van der Waals surface area contributed by atoms with Crippen molar-refractivity contribution >= 4 is 10.0 Å². The van der Waals surface area contributed by atoms with Gasteiger partial charge in [-0.3, -0.25) is 4.90 Å². The standard InChI is InChI=1S/C16H28N2O3S/c1-3-8-14(4-2)22(19,20)17-13-15(16-9-7-12-21-16)18-10-5-6-11-18/h7,9,12,14-15,17H,3-6,8,10-11,13H2,1-2H3/t14-,15-/m0/s1. The first kappa shape index (κ1) is 17.5. The zero-order chi connectivity index (χ0) is 16.0. The largest absolute Gasteiger partial charge is 0.468 e. The Hall–Kier alpha value is -0.850. The summed E-state index contributed by atoms with van der Waals surface area (Å²) in [5.74, 6) is 0.841. The van der Waals surface area contributed by atoms with Gasteiger partial charge in [0.05, 0.1) is 17.6 Å². The maximum Gasteiger partial charge on any atom is 0.214 e. The third kappa shape index (κ3) is 4.33. The van der Waals surface area contributed by atoms with Crippen molar-refractivity contribution in [2.24, 2.45) is 0 Å². The van der Waals surface area contributed by atoms with Gasteiger partial charge in [-0.2, -0.15) is 0 Å². The van der Waals surface area contributed by atoms with E-state index in [4.69, 9.17) is 4.42 Å². The molecule has 0 aliphatic carbocycles. The number of hydrogen-bond acceptors (Lipinski definition) is 4. The molecule has 5 nitrogen and oxygen atoms in total. The first-order valence-corrected chi connectivity index (χ1v) is 9.89. The first-order chi connectivity index (χ1) is 10.6. The predicted octanol–water partition coefficient (Wildman–Crippen LogP) is 2.91. The van der Waals surface area contributed by atoms with Crippen molar-refractivity contribution in [3.05, 3.63) is 24.2 Å². The van der Waals surface area contributed by atoms with Crippen LogP contribution in [-0.2, 0) is 10.0 Å². The molecular weight excluding hydrogens is 300 g/mol. The summed E-state index contributed by atoms with van der Waals surface area (Å²) in [6, 6.07) is 3.78. The zero-order valence-corrected chi connectivity index (χ0v) is 14.4. The molecular formula is C16H28N2O3S. The lowest BCUT2D eigenvalue weighted by Gasteiger charge is -2.27. The monoisotopic (exact) mass is 328 g/mol. The molecule has 0 aromatic carbocycles. The average molecular weight is 328 g/mol. The summed E-state index contributed by atoms with van der Waals surface area (Å²) in [5, 5.41) is -0.298. The summed E-state index contributed by atoms with van der Waals surface area (Å²) in [6.07, 6.45) is 6.22. The number of nitrogens with one attached hydrogen (secondary N) is 1. The smallest absolute Gasteiger partial charge is 0.214 e. The Labute approximate surface area is 134 Å². The number of hydrogen-bond donors (Lipinski definition) is 1. The molecule has 0 bridgehead atoms. The van der Waals surface area contributed by atoms with Crippen LogP contribution >= 0.6 is 0 Å². The van der Waals surface area contributed by atoms with Crippen LogP contribution in [0.3, 0.4) is 0 Å². The fourth-order valence-corrected chi connectivity index (χ4v) is 4.77. The van der Waals surface area contributed by atoms with E-state index in [-0.39, 0.29) is 11.3 Å². The second-order valence-electron chi connectivity index (χ2n) is 5.99. The normalized spacial score (nSPS) is 19.4. The molecule has 0 spiro atoms. The van der Waals surface area contributed by atoms with Crippen LogP contribution in [0.1, 0.15) is 57.8 Å². The van der Waals surface area contributed by atoms with E-state index in [0.29, 0.717) is 19.4 Å². The SMILES string of the molecule is CCC[C@H](CC)S(=O)(=O)NC[C@@H](c1ccco1)N1CCCC1. The van der Waals surface area contributed by atoms with Crippen LogP contribution in [-0.4, -0.2) is 38.2 Å². The maximum atomic E-state index is 12.5. The maximum absolute atomic E-state index is 12.5. The molecule has 126 valence electrons. The summed E-state index contributed by atoms with van der Waals surface area (Å²) in [7, 11) is -3.27. The van der Waals surface area contributed by atoms with Gasteiger partial charge < -0.3 is 4.42 Å². The lowest BCUT2D eigenvalue weighted by molar-refractivity contribution is 0.216. The Morgan fingerprint density at radius 2 is 2.05 bits per heavy atom. The molecule has 1 aromatic heterocycles. The fraction of sp³-hybridized carbons (Fsp3) is 0.750. The second kappa shape index (κ2) is 8.13. The first-order valence-electron chi connectivity index (χ1n) is 8.34. The molecule has 2 atom stereocenters. The van der Waals surface area contributed by atoms with E-state index in [2.05, 4.69) is 9.62 Å². The van der Waals surface area contributed by atoms with E-state index in [1.54, 1.807) is 6.26 Å². The Kier molecular flexibility index (Phi) is 6.47. The van der Waals surface area contributed by atoms with Crippen molar-refractivity contribution in [3.8, 4) is 0 Å². The van der Waals surface area contributed by atoms with Crippen LogP contribution in [0, 0.1) is 0 Å². The number of nitrogens with zero attached hydrogens (tertiary/aromatic N) is 1. The van der Waals surface area contributed by atoms with Crippen LogP contribution in [0.5, 0.6) is 0 Å². The third-order valence-electron chi connectivity index (χ3n) is 4.44. The highest BCUT2D eigenvalue weighted by Crippen LogP contribution is 2.25. The summed E-state index contributed by atoms with van der Waals surface area (Å²) in [4.78, 5) is 2.31. The van der Waals surface area contributed by atoms with Gasteiger partial charge in [0.1, 0.15) is 5.76 Å². The van der Waals surface area contributed by atoms with E-state index >= 15 is 0 Å². The van der Waals surface area contributed by atoms with Gasteiger partial charge in [-0.1, -0.05) is 20.3 Å². The van der Waals surface area contributed by atoms with Crippen molar-refractivity contribution < 1.29 is 12.8 Å². The molecule has 0 unspecified atom stereocenters. The molecule has 1 aliphatic heterocycles. The van der Waals surface area contributed by atoms with Crippen LogP contribution in [0.4, 0.5) is 0 Å². The van der Waals surface area contributed by atoms with Gasteiger partial charge in [0, 0.05) is 6.54 Å². The van der Waals surface area contributed by atoms with Gasteiger partial charge in [0.25, 0.3) is 0 Å². The molecule has 0 saturated carbocycles. The number of furan rings is 1. The third-order valence-corrected chi connectivity index (χ3v) is 6.45. The van der Waals surface area contributed by atoms with Crippen LogP contribution in [0.15, 0.2) is 22.8 Å². The van der Waals surface area contributed by atoms with E-state index in [0.717, 1.165) is 38.1 Å². The lowest BCUT2D eigenvalue weighted by Crippen LogP contribution is -2.40. The molecule has 1 aliphatic rings. The number of rotatable bonds is 9. The molecule has 0 amide bonds. The van der Waals surface area contributed by atoms with Gasteiger partial charge in [0.2, 0.25) is 10.0 Å². The van der Waals surface area contributed by atoms with Crippen molar-refractivity contribution in [2.45, 2.75) is 57.2 Å². The summed E-state index contributed by atoms with van der Waals surface area (Å²) in [5.41, 5.74) is 0. The Morgan fingerprint density at radius 1 is 1.32 bits per heavy atom. The Bertz CT molecular complexity index is 522. The molecule has 1 aromatic rings. The van der Waals surface area contributed by atoms with Gasteiger partial charge in [-0.05, 0) is 50.9 Å². The molecule has 2 rings (SSSR count). The minimum absolute atomic E-state index is 0.00796. The summed E-state index contributed by atoms with van der Waals surface area (Å²) >= 11 is 0. The summed E-state index contributed by atoms with van der Waals surface area (Å²) < 4.78 is 33.3. The highest BCUT2D eigenvalue weighted by atomic mass is 32.2. The fourth-order valence-electron chi connectivity index (χ4n) is 3.16. The lowest BCUT2D eigenvalue weighted by atomic mass is 10.2. The molecule has 22 heavy (non-hydrogen) atoms. The van der Waals surface area contributed by atoms with Gasteiger partial charge >= 0.3 is 0 Å². The number of likely N-dealkylation sites (tertiary alicyclic amines) is 1. The minimum atomic E-state index is -3.27. The van der Waals surface area contributed by atoms with E-state index in [1.807, 2.05) is 26.0 Å². The quantitative estimate of drug-likeness (QED) is 0.757. The minimum Gasteiger partial charge on any atom is -0.468 e. The van der Waals surface area contributed by atoms with E-state index < -0.39 is 10.0 Å². The van der Waals surface area contributed by atoms with Crippen molar-refractivity contribution in [2.75, 3.05) is 19.6 Å². The molecule has 0 radical (unpaired) electrons. The second-order valence-corrected chi connectivity index (χ2v) is 8.03. The molecule has 1 fully saturated rings. The number of sulfonamides is 1. The topological polar surface area (TPSA) is 62.6 Å². The van der Waals surface area contributed by atoms with Crippen LogP contribution < -0.4 is 4.72 Å². The summed E-state index contributed by atoms with van der Waals surface area (Å²) in [6.45, 7) is 6.34. The molecule has 2 heterocycles. The highest BCUT2D eigenvalue weighted by molar-refractivity contribution is 7.90. The average Bonchev–Trinajstić information content (AvgIpc) is 3.18. The van der Waals surface area contributed by atoms with Gasteiger partial charge in [0.15, 0.2) is 0 Å². The predicted molar refractivity (Wildman–Crippen MR) is 88.2 cm³/mol. The van der Waals surface area contributed by atoms with Crippen molar-refractivity contribution in [3.63, 3.8) is 0 Å². The molecule has 1 saturated heterocycles. The van der Waals surface area contributed by atoms with E-state index in [9.17, 15) is 8.42 Å². The molecule has 1 N–H and O–H groups in total. The highest BCUT2D eigenvalue weighted by Gasteiger charge is 2.29.